The van der Waals surface area contributed by atoms with Crippen molar-refractivity contribution in [1.82, 2.24) is 0 Å². The van der Waals surface area contributed by atoms with Gasteiger partial charge in [-0.2, -0.15) is 0 Å². The number of unbranched alkanes of at least 4 members (excludes halogenated alkanes) is 24. The second-order valence-electron chi connectivity index (χ2n) is 23.6. The van der Waals surface area contributed by atoms with Crippen LogP contribution in [0, 0.1) is 0 Å². The Bertz CT molecular complexity index is 2180. The molecule has 534 valence electrons. The van der Waals surface area contributed by atoms with Gasteiger partial charge in [0.15, 0.2) is 6.10 Å². The standard InChI is InChI=1S/C75H128O16P2/c1-4-7-10-13-16-19-22-25-27-29-31-32-33-34-35-36-38-40-41-44-46-49-52-55-58-61-73(78)85-64-70(76)65-87-92(81,82)88-66-71(77)67-89-93(83,84)90-69-72(91-75(80)63-60-57-54-51-48-43-24-21-18-15-12-9-6-3)68-86-74(79)62-59-56-53-50-47-45-42-39-37-30-28-26-23-20-17-14-11-8-5-2/h8,11,16-17,19-21,24-28,31-32,34-35,37,39,45,47,70-72,76-77H,4-7,9-10,12-15,18,22-23,29-30,33,36,38,40-44,46,48-69H2,1-3H3,(H,81,82)(H,83,84)/b11-8-,19-16-,20-17-,24-21-,27-25-,28-26-,32-31-,35-34-,39-37-,47-45-. The molecule has 0 aliphatic carbocycles. The minimum Gasteiger partial charge on any atom is -0.463 e. The summed E-state index contributed by atoms with van der Waals surface area (Å²) >= 11 is 0. The zero-order valence-corrected chi connectivity index (χ0v) is 59.7. The Labute approximate surface area is 563 Å². The Morgan fingerprint density at radius 3 is 0.946 bits per heavy atom. The lowest BCUT2D eigenvalue weighted by Crippen LogP contribution is -2.30. The molecule has 0 spiro atoms. The molecule has 0 radical (unpaired) electrons. The van der Waals surface area contributed by atoms with Crippen molar-refractivity contribution in [2.75, 3.05) is 39.6 Å². The highest BCUT2D eigenvalue weighted by Crippen LogP contribution is 2.45. The van der Waals surface area contributed by atoms with Gasteiger partial charge in [0.25, 0.3) is 0 Å². The van der Waals surface area contributed by atoms with Gasteiger partial charge in [-0.05, 0) is 135 Å². The molecule has 0 aromatic carbocycles. The summed E-state index contributed by atoms with van der Waals surface area (Å²) in [6, 6.07) is 0. The summed E-state index contributed by atoms with van der Waals surface area (Å²) in [4.78, 5) is 58.4. The molecule has 93 heavy (non-hydrogen) atoms. The number of carbonyl (C=O) groups is 3. The summed E-state index contributed by atoms with van der Waals surface area (Å²) in [6.07, 6.45) is 78.2. The maximum Gasteiger partial charge on any atom is 0.472 e. The van der Waals surface area contributed by atoms with Gasteiger partial charge in [0.2, 0.25) is 0 Å². The van der Waals surface area contributed by atoms with E-state index >= 15 is 0 Å². The lowest BCUT2D eigenvalue weighted by atomic mass is 10.1. The van der Waals surface area contributed by atoms with Crippen LogP contribution in [0.2, 0.25) is 0 Å². The van der Waals surface area contributed by atoms with Gasteiger partial charge in [-0.25, -0.2) is 9.13 Å². The molecule has 0 fully saturated rings. The second-order valence-corrected chi connectivity index (χ2v) is 26.6. The third-order valence-electron chi connectivity index (χ3n) is 14.6. The molecular weight excluding hydrogens is 1220 g/mol. The molecule has 0 aromatic rings. The van der Waals surface area contributed by atoms with Crippen molar-refractivity contribution >= 4 is 33.6 Å². The lowest BCUT2D eigenvalue weighted by molar-refractivity contribution is -0.161. The van der Waals surface area contributed by atoms with E-state index in [0.29, 0.717) is 19.3 Å². The fraction of sp³-hybridized carbons (Fsp3) is 0.693. The first-order valence-corrected chi connectivity index (χ1v) is 38.8. The third-order valence-corrected chi connectivity index (χ3v) is 16.5. The fourth-order valence-electron chi connectivity index (χ4n) is 9.16. The Hall–Kier alpha value is -4.05. The van der Waals surface area contributed by atoms with E-state index in [1.165, 1.54) is 77.0 Å². The van der Waals surface area contributed by atoms with Crippen LogP contribution >= 0.6 is 15.6 Å². The number of esters is 3. The van der Waals surface area contributed by atoms with E-state index in [4.69, 9.17) is 32.3 Å². The minimum atomic E-state index is -4.94. The molecular formula is C75H128O16P2. The van der Waals surface area contributed by atoms with E-state index in [1.807, 2.05) is 0 Å². The van der Waals surface area contributed by atoms with Gasteiger partial charge in [-0.3, -0.25) is 32.5 Å². The van der Waals surface area contributed by atoms with Gasteiger partial charge in [-0.15, -0.1) is 0 Å². The average molecular weight is 1350 g/mol. The van der Waals surface area contributed by atoms with Crippen LogP contribution in [0.1, 0.15) is 278 Å². The second kappa shape index (κ2) is 67.9. The van der Waals surface area contributed by atoms with Gasteiger partial charge in [0.05, 0.1) is 26.4 Å². The summed E-state index contributed by atoms with van der Waals surface area (Å²) in [5, 5.41) is 20.6. The van der Waals surface area contributed by atoms with Crippen LogP contribution in [0.25, 0.3) is 0 Å². The van der Waals surface area contributed by atoms with Crippen LogP contribution in [0.4, 0.5) is 0 Å². The summed E-state index contributed by atoms with van der Waals surface area (Å²) in [7, 11) is -9.79. The van der Waals surface area contributed by atoms with Gasteiger partial charge >= 0.3 is 33.6 Å². The van der Waals surface area contributed by atoms with Crippen LogP contribution in [-0.4, -0.2) is 95.9 Å². The molecule has 16 nitrogen and oxygen atoms in total. The first kappa shape index (κ1) is 89.0. The van der Waals surface area contributed by atoms with Gasteiger partial charge in [-0.1, -0.05) is 245 Å². The number of ether oxygens (including phenoxy) is 3. The molecule has 0 heterocycles. The molecule has 0 saturated carbocycles. The molecule has 18 heteroatoms. The van der Waals surface area contributed by atoms with Gasteiger partial charge in [0, 0.05) is 19.3 Å². The van der Waals surface area contributed by atoms with E-state index in [0.717, 1.165) is 141 Å². The fourth-order valence-corrected chi connectivity index (χ4v) is 10.7. The molecule has 4 N–H and O–H groups in total. The van der Waals surface area contributed by atoms with Crippen molar-refractivity contribution in [3.8, 4) is 0 Å². The minimum absolute atomic E-state index is 0.0842. The van der Waals surface area contributed by atoms with Crippen LogP contribution in [0.5, 0.6) is 0 Å². The van der Waals surface area contributed by atoms with Crippen molar-refractivity contribution in [3.05, 3.63) is 122 Å². The predicted molar refractivity (Wildman–Crippen MR) is 380 cm³/mol. The summed E-state index contributed by atoms with van der Waals surface area (Å²) in [6.45, 7) is 2.45. The van der Waals surface area contributed by atoms with Crippen molar-refractivity contribution in [2.45, 2.75) is 296 Å². The number of hydrogen-bond acceptors (Lipinski definition) is 14. The van der Waals surface area contributed by atoms with Crippen molar-refractivity contribution in [3.63, 3.8) is 0 Å². The molecule has 0 bridgehead atoms. The topological polar surface area (TPSA) is 231 Å². The summed E-state index contributed by atoms with van der Waals surface area (Å²) in [5.74, 6) is -1.63. The Morgan fingerprint density at radius 2 is 0.570 bits per heavy atom. The Balaban J connectivity index is 4.60. The highest BCUT2D eigenvalue weighted by molar-refractivity contribution is 7.47. The number of aliphatic hydroxyl groups is 2. The highest BCUT2D eigenvalue weighted by atomic mass is 31.2. The number of phosphoric ester groups is 2. The first-order chi connectivity index (χ1) is 45.2. The maximum atomic E-state index is 12.9. The highest BCUT2D eigenvalue weighted by Gasteiger charge is 2.29. The average Bonchev–Trinajstić information content (AvgIpc) is 3.74. The van der Waals surface area contributed by atoms with Crippen LogP contribution in [0.3, 0.4) is 0 Å². The predicted octanol–water partition coefficient (Wildman–Crippen LogP) is 20.2. The number of hydrogen-bond donors (Lipinski definition) is 4. The third kappa shape index (κ3) is 69.1. The molecule has 0 rings (SSSR count). The Kier molecular flexibility index (Phi) is 65.0. The number of aliphatic hydroxyl groups excluding tert-OH is 2. The number of rotatable bonds is 67. The van der Waals surface area contributed by atoms with Gasteiger partial charge < -0.3 is 34.2 Å². The summed E-state index contributed by atoms with van der Waals surface area (Å²) < 4.78 is 60.9. The van der Waals surface area contributed by atoms with Crippen molar-refractivity contribution in [1.29, 1.82) is 0 Å². The molecule has 0 saturated heterocycles. The van der Waals surface area contributed by atoms with E-state index in [9.17, 15) is 43.5 Å². The number of phosphoric acid groups is 2. The largest absolute Gasteiger partial charge is 0.472 e. The van der Waals surface area contributed by atoms with Crippen LogP contribution in [0.15, 0.2) is 122 Å². The quantitative estimate of drug-likeness (QED) is 0.0146. The van der Waals surface area contributed by atoms with Crippen LogP contribution in [-0.2, 0) is 55.8 Å². The molecule has 0 aliphatic heterocycles. The van der Waals surface area contributed by atoms with Crippen molar-refractivity contribution in [2.24, 2.45) is 0 Å². The van der Waals surface area contributed by atoms with E-state index in [2.05, 4.69) is 142 Å². The van der Waals surface area contributed by atoms with Gasteiger partial charge in [0.1, 0.15) is 25.4 Å². The van der Waals surface area contributed by atoms with Crippen LogP contribution < -0.4 is 0 Å². The molecule has 5 atom stereocenters. The lowest BCUT2D eigenvalue weighted by Gasteiger charge is -2.21. The summed E-state index contributed by atoms with van der Waals surface area (Å²) in [5.41, 5.74) is 0. The normalized spacial score (nSPS) is 14.9. The maximum absolute atomic E-state index is 12.9. The van der Waals surface area contributed by atoms with E-state index in [1.54, 1.807) is 0 Å². The molecule has 0 aliphatic rings. The van der Waals surface area contributed by atoms with Crippen molar-refractivity contribution < 1.29 is 75.8 Å². The monoisotopic (exact) mass is 1350 g/mol. The molecule has 0 aromatic heterocycles. The SMILES string of the molecule is CC/C=C\C/C=C\C/C=C\C/C=C\C/C=C\CCCCCC(=O)OCC(COP(=O)(O)OCC(O)COP(=O)(O)OCC(O)COC(=O)CCCCCCCCCCC/C=C\C/C=C\C/C=C\C/C=C\CCCCC)OC(=O)CCCCCCC/C=C\CCCCCC. The van der Waals surface area contributed by atoms with E-state index in [-0.39, 0.29) is 19.3 Å². The zero-order chi connectivity index (χ0) is 68.1. The van der Waals surface area contributed by atoms with E-state index < -0.39 is 91.5 Å². The molecule has 0 amide bonds. The molecule has 5 unspecified atom stereocenters. The Morgan fingerprint density at radius 1 is 0.312 bits per heavy atom. The first-order valence-electron chi connectivity index (χ1n) is 35.8. The zero-order valence-electron chi connectivity index (χ0n) is 57.9. The smallest absolute Gasteiger partial charge is 0.463 e. The number of allylic oxidation sites excluding steroid dienone is 20. The number of carbonyl (C=O) groups excluding carboxylic acids is 3.